The lowest BCUT2D eigenvalue weighted by Gasteiger charge is -2.31. The van der Waals surface area contributed by atoms with Crippen LogP contribution in [0.25, 0.3) is 0 Å². The first-order chi connectivity index (χ1) is 9.11. The second kappa shape index (κ2) is 6.53. The molecule has 1 aliphatic rings. The largest absolute Gasteiger partial charge is 0.313 e. The van der Waals surface area contributed by atoms with Crippen molar-refractivity contribution < 1.29 is 0 Å². The van der Waals surface area contributed by atoms with E-state index >= 15 is 0 Å². The molecule has 1 heterocycles. The van der Waals surface area contributed by atoms with Crippen molar-refractivity contribution in [3.05, 3.63) is 34.9 Å². The third-order valence-electron chi connectivity index (χ3n) is 4.46. The van der Waals surface area contributed by atoms with Crippen molar-refractivity contribution in [3.8, 4) is 0 Å². The Kier molecular flexibility index (Phi) is 5.00. The molecule has 106 valence electrons. The molecule has 0 aliphatic carbocycles. The summed E-state index contributed by atoms with van der Waals surface area (Å²) in [6, 6.07) is 8.01. The van der Waals surface area contributed by atoms with Crippen LogP contribution in [-0.4, -0.2) is 30.6 Å². The lowest BCUT2D eigenvalue weighted by molar-refractivity contribution is 0.202. The summed E-state index contributed by atoms with van der Waals surface area (Å²) in [5.41, 5.74) is 4.26. The molecule has 1 saturated heterocycles. The molecule has 2 unspecified atom stereocenters. The first kappa shape index (κ1) is 14.5. The van der Waals surface area contributed by atoms with Gasteiger partial charge < -0.3 is 5.32 Å². The van der Waals surface area contributed by atoms with E-state index in [9.17, 15) is 0 Å². The minimum Gasteiger partial charge on any atom is -0.313 e. The molecule has 0 aromatic heterocycles. The van der Waals surface area contributed by atoms with Gasteiger partial charge in [0.05, 0.1) is 0 Å². The summed E-state index contributed by atoms with van der Waals surface area (Å²) in [5.74, 6) is 0. The summed E-state index contributed by atoms with van der Waals surface area (Å²) in [5, 5.41) is 3.61. The Morgan fingerprint density at radius 1 is 1.37 bits per heavy atom. The van der Waals surface area contributed by atoms with Crippen LogP contribution in [0.5, 0.6) is 0 Å². The minimum atomic E-state index is 0.507. The van der Waals surface area contributed by atoms with Crippen molar-refractivity contribution in [1.82, 2.24) is 10.2 Å². The highest BCUT2D eigenvalue weighted by Gasteiger charge is 2.22. The first-order valence-electron chi connectivity index (χ1n) is 7.66. The molecule has 2 nitrogen and oxygen atoms in total. The average Bonchev–Trinajstić information content (AvgIpc) is 2.91. The highest BCUT2D eigenvalue weighted by atomic mass is 15.2. The van der Waals surface area contributed by atoms with Gasteiger partial charge in [0.25, 0.3) is 0 Å². The summed E-state index contributed by atoms with van der Waals surface area (Å²) >= 11 is 0. The third-order valence-corrected chi connectivity index (χ3v) is 4.46. The zero-order chi connectivity index (χ0) is 13.8. The van der Waals surface area contributed by atoms with Crippen molar-refractivity contribution >= 4 is 0 Å². The van der Waals surface area contributed by atoms with Crippen LogP contribution in [0.3, 0.4) is 0 Å². The molecule has 1 fully saturated rings. The Morgan fingerprint density at radius 2 is 2.16 bits per heavy atom. The fourth-order valence-electron chi connectivity index (χ4n) is 3.16. The molecule has 1 aromatic rings. The average molecular weight is 260 g/mol. The van der Waals surface area contributed by atoms with Crippen LogP contribution in [-0.2, 0) is 0 Å². The van der Waals surface area contributed by atoms with Crippen molar-refractivity contribution in [2.75, 3.05) is 19.6 Å². The molecule has 1 aromatic carbocycles. The van der Waals surface area contributed by atoms with Gasteiger partial charge in [0.15, 0.2) is 0 Å². The van der Waals surface area contributed by atoms with E-state index in [0.29, 0.717) is 12.1 Å². The van der Waals surface area contributed by atoms with E-state index in [1.54, 1.807) is 0 Å². The lowest BCUT2D eigenvalue weighted by Crippen LogP contribution is -2.39. The fourth-order valence-corrected chi connectivity index (χ4v) is 3.16. The van der Waals surface area contributed by atoms with Gasteiger partial charge in [0, 0.05) is 18.6 Å². The van der Waals surface area contributed by atoms with Crippen LogP contribution in [0.4, 0.5) is 0 Å². The highest BCUT2D eigenvalue weighted by Crippen LogP contribution is 2.25. The SMILES string of the molecule is CCN(CC1CCCN1)C(C)c1cc(C)ccc1C. The number of likely N-dealkylation sites (N-methyl/N-ethyl adjacent to an activating group) is 1. The van der Waals surface area contributed by atoms with Crippen molar-refractivity contribution in [2.45, 2.75) is 52.6 Å². The Balaban J connectivity index is 2.10. The standard InChI is InChI=1S/C17H28N2/c1-5-19(12-16-7-6-10-18-16)15(4)17-11-13(2)8-9-14(17)3/h8-9,11,15-16,18H,5-7,10,12H2,1-4H3. The van der Waals surface area contributed by atoms with Crippen LogP contribution in [0.2, 0.25) is 0 Å². The molecular weight excluding hydrogens is 232 g/mol. The van der Waals surface area contributed by atoms with Gasteiger partial charge in [0.2, 0.25) is 0 Å². The highest BCUT2D eigenvalue weighted by molar-refractivity contribution is 5.32. The quantitative estimate of drug-likeness (QED) is 0.872. The third kappa shape index (κ3) is 3.58. The number of nitrogens with one attached hydrogen (secondary N) is 1. The Bertz CT molecular complexity index is 408. The van der Waals surface area contributed by atoms with Crippen molar-refractivity contribution in [2.24, 2.45) is 0 Å². The van der Waals surface area contributed by atoms with E-state index < -0.39 is 0 Å². The maximum absolute atomic E-state index is 3.61. The van der Waals surface area contributed by atoms with E-state index in [0.717, 1.165) is 6.54 Å². The molecule has 2 heteroatoms. The molecule has 2 atom stereocenters. The summed E-state index contributed by atoms with van der Waals surface area (Å²) in [4.78, 5) is 2.60. The predicted octanol–water partition coefficient (Wildman–Crippen LogP) is 3.44. The molecular formula is C17H28N2. The van der Waals surface area contributed by atoms with Gasteiger partial charge in [0.1, 0.15) is 0 Å². The van der Waals surface area contributed by atoms with E-state index in [4.69, 9.17) is 0 Å². The summed E-state index contributed by atoms with van der Waals surface area (Å²) in [6.45, 7) is 12.5. The molecule has 0 bridgehead atoms. The Morgan fingerprint density at radius 3 is 2.79 bits per heavy atom. The molecule has 2 rings (SSSR count). The summed E-state index contributed by atoms with van der Waals surface area (Å²) in [6.07, 6.45) is 2.66. The van der Waals surface area contributed by atoms with Crippen molar-refractivity contribution in [1.29, 1.82) is 0 Å². The number of benzene rings is 1. The Hall–Kier alpha value is -0.860. The van der Waals surface area contributed by atoms with E-state index in [1.807, 2.05) is 0 Å². The Labute approximate surface area is 118 Å². The minimum absolute atomic E-state index is 0.507. The zero-order valence-corrected chi connectivity index (χ0v) is 12.9. The number of hydrogen-bond acceptors (Lipinski definition) is 2. The van der Waals surface area contributed by atoms with Crippen LogP contribution < -0.4 is 5.32 Å². The molecule has 0 saturated carbocycles. The molecule has 1 N–H and O–H groups in total. The van der Waals surface area contributed by atoms with Crippen LogP contribution in [0, 0.1) is 13.8 Å². The van der Waals surface area contributed by atoms with E-state index in [1.165, 1.54) is 42.6 Å². The maximum atomic E-state index is 3.61. The van der Waals surface area contributed by atoms with Gasteiger partial charge in [-0.1, -0.05) is 30.7 Å². The first-order valence-corrected chi connectivity index (χ1v) is 7.66. The van der Waals surface area contributed by atoms with Gasteiger partial charge in [-0.25, -0.2) is 0 Å². The lowest BCUT2D eigenvalue weighted by atomic mass is 9.98. The van der Waals surface area contributed by atoms with Gasteiger partial charge in [-0.3, -0.25) is 4.90 Å². The zero-order valence-electron chi connectivity index (χ0n) is 12.9. The topological polar surface area (TPSA) is 15.3 Å². The van der Waals surface area contributed by atoms with Gasteiger partial charge >= 0.3 is 0 Å². The summed E-state index contributed by atoms with van der Waals surface area (Å²) < 4.78 is 0. The molecule has 1 aliphatic heterocycles. The van der Waals surface area contributed by atoms with Gasteiger partial charge in [-0.05, 0) is 57.8 Å². The van der Waals surface area contributed by atoms with Crippen LogP contribution >= 0.6 is 0 Å². The van der Waals surface area contributed by atoms with E-state index in [2.05, 4.69) is 56.1 Å². The van der Waals surface area contributed by atoms with Gasteiger partial charge in [-0.2, -0.15) is 0 Å². The van der Waals surface area contributed by atoms with E-state index in [-0.39, 0.29) is 0 Å². The second-order valence-corrected chi connectivity index (χ2v) is 5.92. The predicted molar refractivity (Wildman–Crippen MR) is 82.6 cm³/mol. The van der Waals surface area contributed by atoms with Crippen molar-refractivity contribution in [3.63, 3.8) is 0 Å². The van der Waals surface area contributed by atoms with Crippen LogP contribution in [0.1, 0.15) is 49.4 Å². The normalized spacial score (nSPS) is 21.0. The fraction of sp³-hybridized carbons (Fsp3) is 0.647. The summed E-state index contributed by atoms with van der Waals surface area (Å²) in [7, 11) is 0. The molecule has 19 heavy (non-hydrogen) atoms. The van der Waals surface area contributed by atoms with Crippen LogP contribution in [0.15, 0.2) is 18.2 Å². The maximum Gasteiger partial charge on any atom is 0.0323 e. The molecule has 0 radical (unpaired) electrons. The molecule has 0 amide bonds. The number of rotatable bonds is 5. The smallest absolute Gasteiger partial charge is 0.0323 e. The van der Waals surface area contributed by atoms with Gasteiger partial charge in [-0.15, -0.1) is 0 Å². The number of nitrogens with zero attached hydrogens (tertiary/aromatic N) is 1. The second-order valence-electron chi connectivity index (χ2n) is 5.92. The molecule has 0 spiro atoms. The monoisotopic (exact) mass is 260 g/mol. The number of hydrogen-bond donors (Lipinski definition) is 1. The number of aryl methyl sites for hydroxylation is 2.